The Morgan fingerprint density at radius 3 is 2.37 bits per heavy atom. The zero-order valence-corrected chi connectivity index (χ0v) is 17.6. The average molecular weight is 431 g/mol. The van der Waals surface area contributed by atoms with E-state index in [2.05, 4.69) is 20.3 Å². The molecule has 0 unspecified atom stereocenters. The second-order valence-electron chi connectivity index (χ2n) is 7.47. The number of anilines is 1. The fourth-order valence-electron chi connectivity index (χ4n) is 3.48. The van der Waals surface area contributed by atoms with Crippen molar-refractivity contribution in [1.29, 1.82) is 0 Å². The van der Waals surface area contributed by atoms with Gasteiger partial charge in [0.05, 0.1) is 4.90 Å². The van der Waals surface area contributed by atoms with E-state index in [4.69, 9.17) is 0 Å². The third-order valence-corrected chi connectivity index (χ3v) is 6.76. The molecule has 2 amide bonds. The summed E-state index contributed by atoms with van der Waals surface area (Å²) in [5.74, 6) is 0.212. The van der Waals surface area contributed by atoms with E-state index in [1.807, 2.05) is 6.07 Å². The molecule has 9 heteroatoms. The molecule has 0 atom stereocenters. The first-order chi connectivity index (χ1) is 14.3. The third kappa shape index (κ3) is 6.11. The molecule has 2 aromatic rings. The van der Waals surface area contributed by atoms with E-state index in [9.17, 15) is 18.0 Å². The van der Waals surface area contributed by atoms with Crippen LogP contribution < -0.4 is 15.4 Å². The molecular weight excluding hydrogens is 404 g/mol. The molecule has 0 bridgehead atoms. The Balaban J connectivity index is 1.51. The molecule has 1 fully saturated rings. The molecule has 0 radical (unpaired) electrons. The molecule has 160 valence electrons. The van der Waals surface area contributed by atoms with Crippen molar-refractivity contribution >= 4 is 27.5 Å². The first kappa shape index (κ1) is 21.9. The average Bonchev–Trinajstić information content (AvgIpc) is 2.73. The molecule has 3 rings (SSSR count). The summed E-state index contributed by atoms with van der Waals surface area (Å²) in [5.41, 5.74) is 1.36. The van der Waals surface area contributed by atoms with Crippen LogP contribution in [0, 0.1) is 5.92 Å². The minimum absolute atomic E-state index is 0.0420. The Kier molecular flexibility index (Phi) is 7.17. The first-order valence-electron chi connectivity index (χ1n) is 9.90. The first-order valence-corrected chi connectivity index (χ1v) is 11.4. The summed E-state index contributed by atoms with van der Waals surface area (Å²) in [5, 5.41) is 5.38. The number of ketones is 1. The number of urea groups is 1. The molecule has 0 spiro atoms. The van der Waals surface area contributed by atoms with Gasteiger partial charge in [-0.3, -0.25) is 9.78 Å². The van der Waals surface area contributed by atoms with Gasteiger partial charge < -0.3 is 10.6 Å². The van der Waals surface area contributed by atoms with Crippen LogP contribution in [0.2, 0.25) is 0 Å². The van der Waals surface area contributed by atoms with Crippen molar-refractivity contribution in [2.24, 2.45) is 5.92 Å². The van der Waals surface area contributed by atoms with Crippen molar-refractivity contribution in [3.05, 3.63) is 54.4 Å². The minimum atomic E-state index is -3.66. The van der Waals surface area contributed by atoms with Gasteiger partial charge in [-0.05, 0) is 68.5 Å². The van der Waals surface area contributed by atoms with Crippen molar-refractivity contribution < 1.29 is 18.0 Å². The van der Waals surface area contributed by atoms with Crippen LogP contribution in [0.5, 0.6) is 0 Å². The Morgan fingerprint density at radius 1 is 1.07 bits per heavy atom. The summed E-state index contributed by atoms with van der Waals surface area (Å²) in [7, 11) is -3.66. The highest BCUT2D eigenvalue weighted by molar-refractivity contribution is 7.89. The molecule has 1 aliphatic rings. The van der Waals surface area contributed by atoms with Crippen molar-refractivity contribution in [2.75, 3.05) is 5.32 Å². The fraction of sp³-hybridized carbons (Fsp3) is 0.381. The maximum Gasteiger partial charge on any atom is 0.319 e. The predicted molar refractivity (Wildman–Crippen MR) is 113 cm³/mol. The van der Waals surface area contributed by atoms with E-state index in [0.29, 0.717) is 37.9 Å². The van der Waals surface area contributed by atoms with Crippen LogP contribution in [0.25, 0.3) is 0 Å². The molecule has 1 saturated carbocycles. The normalized spacial score (nSPS) is 19.1. The third-order valence-electron chi connectivity index (χ3n) is 5.22. The van der Waals surface area contributed by atoms with Crippen molar-refractivity contribution in [2.45, 2.75) is 50.1 Å². The second-order valence-corrected chi connectivity index (χ2v) is 9.19. The maximum atomic E-state index is 12.6. The number of nitrogens with zero attached hydrogens (tertiary/aromatic N) is 1. The molecule has 8 nitrogen and oxygen atoms in total. The standard InChI is InChI=1S/C21H26N4O4S/c1-15(26)17-4-6-19(7-5-17)25-30(28,29)20-10-8-18(9-11-20)24-21(27)23-14-16-3-2-12-22-13-16/h2-3,8-13,17,19,25H,4-7,14H2,1H3,(H2,23,24,27). The number of hydrogen-bond donors (Lipinski definition) is 3. The number of carbonyl (C=O) groups excluding carboxylic acids is 2. The molecule has 1 heterocycles. The lowest BCUT2D eigenvalue weighted by atomic mass is 9.84. The SMILES string of the molecule is CC(=O)C1CCC(NS(=O)(=O)c2ccc(NC(=O)NCc3cccnc3)cc2)CC1. The number of rotatable bonds is 7. The van der Waals surface area contributed by atoms with Crippen LogP contribution in [0.4, 0.5) is 10.5 Å². The zero-order chi connectivity index (χ0) is 21.6. The molecule has 3 N–H and O–H groups in total. The number of pyridine rings is 1. The minimum Gasteiger partial charge on any atom is -0.334 e. The zero-order valence-electron chi connectivity index (χ0n) is 16.8. The van der Waals surface area contributed by atoms with Gasteiger partial charge in [0.2, 0.25) is 10.0 Å². The molecule has 0 saturated heterocycles. The molecule has 0 aliphatic heterocycles. The van der Waals surface area contributed by atoms with Gasteiger partial charge in [-0.1, -0.05) is 6.07 Å². The van der Waals surface area contributed by atoms with Crippen molar-refractivity contribution in [3.63, 3.8) is 0 Å². The summed E-state index contributed by atoms with van der Waals surface area (Å²) >= 11 is 0. The lowest BCUT2D eigenvalue weighted by Crippen LogP contribution is -2.38. The van der Waals surface area contributed by atoms with Gasteiger partial charge >= 0.3 is 6.03 Å². The number of benzene rings is 1. The van der Waals surface area contributed by atoms with E-state index in [1.54, 1.807) is 37.5 Å². The Labute approximate surface area is 176 Å². The molecule has 1 aliphatic carbocycles. The quantitative estimate of drug-likeness (QED) is 0.624. The highest BCUT2D eigenvalue weighted by Crippen LogP contribution is 2.26. The van der Waals surface area contributed by atoms with Gasteiger partial charge in [0.1, 0.15) is 5.78 Å². The largest absolute Gasteiger partial charge is 0.334 e. The number of hydrogen-bond acceptors (Lipinski definition) is 5. The summed E-state index contributed by atoms with van der Waals surface area (Å²) in [6, 6.07) is 9.09. The van der Waals surface area contributed by atoms with E-state index in [1.165, 1.54) is 12.1 Å². The van der Waals surface area contributed by atoms with Crippen molar-refractivity contribution in [3.8, 4) is 0 Å². The van der Waals surface area contributed by atoms with Gasteiger partial charge in [-0.15, -0.1) is 0 Å². The van der Waals surface area contributed by atoms with E-state index in [0.717, 1.165) is 5.56 Å². The summed E-state index contributed by atoms with van der Waals surface area (Å²) in [6.45, 7) is 1.92. The summed E-state index contributed by atoms with van der Waals surface area (Å²) < 4.78 is 28.0. The fourth-order valence-corrected chi connectivity index (χ4v) is 4.79. The van der Waals surface area contributed by atoms with E-state index >= 15 is 0 Å². The number of sulfonamides is 1. The number of carbonyl (C=O) groups is 2. The molecule has 30 heavy (non-hydrogen) atoms. The second kappa shape index (κ2) is 9.82. The van der Waals surface area contributed by atoms with Gasteiger partial charge in [-0.25, -0.2) is 17.9 Å². The number of amides is 2. The van der Waals surface area contributed by atoms with Crippen molar-refractivity contribution in [1.82, 2.24) is 15.0 Å². The molecular formula is C21H26N4O4S. The Bertz CT molecular complexity index is 970. The molecule has 1 aromatic heterocycles. The maximum absolute atomic E-state index is 12.6. The Hall–Kier alpha value is -2.78. The van der Waals surface area contributed by atoms with Gasteiger partial charge in [0, 0.05) is 36.6 Å². The van der Waals surface area contributed by atoms with Crippen LogP contribution in [0.15, 0.2) is 53.7 Å². The topological polar surface area (TPSA) is 117 Å². The van der Waals surface area contributed by atoms with Gasteiger partial charge in [0.25, 0.3) is 0 Å². The lowest BCUT2D eigenvalue weighted by Gasteiger charge is -2.27. The summed E-state index contributed by atoms with van der Waals surface area (Å²) in [6.07, 6.45) is 6.05. The van der Waals surface area contributed by atoms with Gasteiger partial charge in [0.15, 0.2) is 0 Å². The van der Waals surface area contributed by atoms with Crippen LogP contribution >= 0.6 is 0 Å². The summed E-state index contributed by atoms with van der Waals surface area (Å²) in [4.78, 5) is 27.6. The van der Waals surface area contributed by atoms with Crippen LogP contribution in [0.1, 0.15) is 38.2 Å². The van der Waals surface area contributed by atoms with Gasteiger partial charge in [-0.2, -0.15) is 0 Å². The van der Waals surface area contributed by atoms with Crippen LogP contribution in [-0.4, -0.2) is 31.3 Å². The highest BCUT2D eigenvalue weighted by atomic mass is 32.2. The number of aromatic nitrogens is 1. The number of nitrogens with one attached hydrogen (secondary N) is 3. The smallest absolute Gasteiger partial charge is 0.319 e. The number of Topliss-reactive ketones (excluding diaryl/α,β-unsaturated/α-hetero) is 1. The highest BCUT2D eigenvalue weighted by Gasteiger charge is 2.27. The predicted octanol–water partition coefficient (Wildman–Crippen LogP) is 2.83. The molecule has 1 aromatic carbocycles. The van der Waals surface area contributed by atoms with Crippen LogP contribution in [-0.2, 0) is 21.4 Å². The van der Waals surface area contributed by atoms with E-state index in [-0.39, 0.29) is 22.6 Å². The Morgan fingerprint density at radius 2 is 1.77 bits per heavy atom. The van der Waals surface area contributed by atoms with E-state index < -0.39 is 16.1 Å². The monoisotopic (exact) mass is 430 g/mol. The van der Waals surface area contributed by atoms with Crippen LogP contribution in [0.3, 0.4) is 0 Å². The lowest BCUT2D eigenvalue weighted by molar-refractivity contribution is -0.121.